The van der Waals surface area contributed by atoms with Crippen LogP contribution in [0.15, 0.2) is 0 Å². The molecule has 0 unspecified atom stereocenters. The van der Waals surface area contributed by atoms with Crippen molar-refractivity contribution in [3.8, 4) is 0 Å². The van der Waals surface area contributed by atoms with Gasteiger partial charge in [-0.15, -0.1) is 0 Å². The third-order valence-electron chi connectivity index (χ3n) is 4.40. The molecule has 2 rings (SSSR count). The summed E-state index contributed by atoms with van der Waals surface area (Å²) in [4.78, 5) is 24.5. The number of aliphatic carboxylic acids is 1. The highest BCUT2D eigenvalue weighted by atomic mass is 19.4. The van der Waals surface area contributed by atoms with Crippen LogP contribution in [-0.4, -0.2) is 41.1 Å². The first-order valence-electron chi connectivity index (χ1n) is 6.87. The summed E-state index contributed by atoms with van der Waals surface area (Å²) in [6.45, 7) is 0.245. The van der Waals surface area contributed by atoms with Crippen molar-refractivity contribution in [3.05, 3.63) is 0 Å². The summed E-state index contributed by atoms with van der Waals surface area (Å²) in [5.41, 5.74) is 0. The number of carbonyl (C=O) groups is 2. The first-order valence-corrected chi connectivity index (χ1v) is 6.87. The van der Waals surface area contributed by atoms with Crippen LogP contribution in [0.1, 0.15) is 32.1 Å². The highest BCUT2D eigenvalue weighted by Crippen LogP contribution is 2.36. The first kappa shape index (κ1) is 15.1. The van der Waals surface area contributed by atoms with E-state index in [2.05, 4.69) is 0 Å². The number of hydrogen-bond acceptors (Lipinski definition) is 2. The molecule has 1 heterocycles. The lowest BCUT2D eigenvalue weighted by Crippen LogP contribution is -2.44. The van der Waals surface area contributed by atoms with E-state index >= 15 is 0 Å². The third-order valence-corrected chi connectivity index (χ3v) is 4.40. The van der Waals surface area contributed by atoms with Crippen LogP contribution in [0.4, 0.5) is 13.2 Å². The number of alkyl halides is 3. The number of carboxylic acids is 1. The highest BCUT2D eigenvalue weighted by Gasteiger charge is 2.43. The molecule has 20 heavy (non-hydrogen) atoms. The van der Waals surface area contributed by atoms with E-state index in [1.54, 1.807) is 0 Å². The van der Waals surface area contributed by atoms with Crippen LogP contribution in [0.3, 0.4) is 0 Å². The van der Waals surface area contributed by atoms with E-state index in [0.29, 0.717) is 19.3 Å². The van der Waals surface area contributed by atoms with Crippen molar-refractivity contribution in [3.63, 3.8) is 0 Å². The van der Waals surface area contributed by atoms with Gasteiger partial charge in [0, 0.05) is 19.0 Å². The molecule has 0 aromatic rings. The van der Waals surface area contributed by atoms with Crippen molar-refractivity contribution in [2.75, 3.05) is 13.1 Å². The SMILES string of the molecule is O=C(O)[C@@H]1CC[C@H](C(=O)N2CCC(C(F)(F)F)CC2)C1. The Kier molecular flexibility index (Phi) is 4.25. The van der Waals surface area contributed by atoms with Crippen LogP contribution in [0.25, 0.3) is 0 Å². The molecule has 0 aromatic carbocycles. The third kappa shape index (κ3) is 3.24. The minimum absolute atomic E-state index is 0.0513. The van der Waals surface area contributed by atoms with Gasteiger partial charge >= 0.3 is 12.1 Å². The standard InChI is InChI=1S/C13H18F3NO3/c14-13(15,16)10-3-5-17(6-4-10)11(18)8-1-2-9(7-8)12(19)20/h8-10H,1-7H2,(H,19,20)/t8-,9+/m0/s1. The van der Waals surface area contributed by atoms with Crippen molar-refractivity contribution < 1.29 is 27.9 Å². The lowest BCUT2D eigenvalue weighted by atomic mass is 9.94. The van der Waals surface area contributed by atoms with Gasteiger partial charge in [0.25, 0.3) is 0 Å². The molecule has 1 N–H and O–H groups in total. The van der Waals surface area contributed by atoms with Crippen molar-refractivity contribution in [2.45, 2.75) is 38.3 Å². The second-order valence-corrected chi connectivity index (χ2v) is 5.69. The Bertz CT molecular complexity index is 389. The molecule has 0 spiro atoms. The number of hydrogen-bond donors (Lipinski definition) is 1. The van der Waals surface area contributed by atoms with Crippen LogP contribution in [0.2, 0.25) is 0 Å². The summed E-state index contributed by atoms with van der Waals surface area (Å²) in [7, 11) is 0. The van der Waals surface area contributed by atoms with E-state index in [1.165, 1.54) is 4.90 Å². The molecule has 114 valence electrons. The predicted octanol–water partition coefficient (Wildman–Crippen LogP) is 2.29. The fraction of sp³-hybridized carbons (Fsp3) is 0.846. The minimum Gasteiger partial charge on any atom is -0.481 e. The van der Waals surface area contributed by atoms with Gasteiger partial charge in [0.1, 0.15) is 0 Å². The molecular formula is C13H18F3NO3. The zero-order valence-corrected chi connectivity index (χ0v) is 11.0. The average molecular weight is 293 g/mol. The predicted molar refractivity (Wildman–Crippen MR) is 63.8 cm³/mol. The number of amides is 1. The fourth-order valence-electron chi connectivity index (χ4n) is 3.12. The molecule has 1 aliphatic heterocycles. The number of halogens is 3. The maximum atomic E-state index is 12.5. The minimum atomic E-state index is -4.18. The summed E-state index contributed by atoms with van der Waals surface area (Å²) >= 11 is 0. The van der Waals surface area contributed by atoms with Crippen molar-refractivity contribution in [1.82, 2.24) is 4.90 Å². The average Bonchev–Trinajstić information content (AvgIpc) is 2.86. The number of carboxylic acid groups (broad SMARTS) is 1. The largest absolute Gasteiger partial charge is 0.481 e. The van der Waals surface area contributed by atoms with Gasteiger partial charge in [-0.05, 0) is 32.1 Å². The van der Waals surface area contributed by atoms with Crippen LogP contribution in [0.5, 0.6) is 0 Å². The molecule has 1 saturated heterocycles. The molecule has 0 aromatic heterocycles. The Labute approximate surface area is 114 Å². The zero-order chi connectivity index (χ0) is 14.9. The van der Waals surface area contributed by atoms with Crippen molar-refractivity contribution in [1.29, 1.82) is 0 Å². The van der Waals surface area contributed by atoms with Crippen molar-refractivity contribution >= 4 is 11.9 Å². The second kappa shape index (κ2) is 5.61. The molecule has 1 saturated carbocycles. The van der Waals surface area contributed by atoms with Gasteiger partial charge in [-0.3, -0.25) is 9.59 Å². The van der Waals surface area contributed by atoms with Crippen LogP contribution >= 0.6 is 0 Å². The number of rotatable bonds is 2. The second-order valence-electron chi connectivity index (χ2n) is 5.69. The quantitative estimate of drug-likeness (QED) is 0.850. The summed E-state index contributed by atoms with van der Waals surface area (Å²) < 4.78 is 37.6. The monoisotopic (exact) mass is 293 g/mol. The molecule has 0 radical (unpaired) electrons. The van der Waals surface area contributed by atoms with Crippen LogP contribution < -0.4 is 0 Å². The Morgan fingerprint density at radius 1 is 1.00 bits per heavy atom. The van der Waals surface area contributed by atoms with Gasteiger partial charge in [0.2, 0.25) is 5.91 Å². The van der Waals surface area contributed by atoms with Gasteiger partial charge in [-0.1, -0.05) is 0 Å². The van der Waals surface area contributed by atoms with E-state index in [1.807, 2.05) is 0 Å². The summed E-state index contributed by atoms with van der Waals surface area (Å²) in [6, 6.07) is 0. The Morgan fingerprint density at radius 2 is 1.55 bits per heavy atom. The maximum absolute atomic E-state index is 12.5. The van der Waals surface area contributed by atoms with Gasteiger partial charge in [0.15, 0.2) is 0 Å². The first-order chi connectivity index (χ1) is 9.29. The van der Waals surface area contributed by atoms with Gasteiger partial charge in [-0.2, -0.15) is 13.2 Å². The highest BCUT2D eigenvalue weighted by molar-refractivity contribution is 5.81. The molecule has 7 heteroatoms. The van der Waals surface area contributed by atoms with Crippen molar-refractivity contribution in [2.24, 2.45) is 17.8 Å². The van der Waals surface area contributed by atoms with Crippen LogP contribution in [-0.2, 0) is 9.59 Å². The summed E-state index contributed by atoms with van der Waals surface area (Å²) in [5, 5.41) is 8.90. The van der Waals surface area contributed by atoms with Gasteiger partial charge in [-0.25, -0.2) is 0 Å². The summed E-state index contributed by atoms with van der Waals surface area (Å²) in [5.74, 6) is -3.21. The molecule has 2 fully saturated rings. The number of piperidine rings is 1. The van der Waals surface area contributed by atoms with E-state index in [9.17, 15) is 22.8 Å². The normalized spacial score (nSPS) is 28.6. The molecular weight excluding hydrogens is 275 g/mol. The van der Waals surface area contributed by atoms with E-state index in [4.69, 9.17) is 5.11 Å². The Morgan fingerprint density at radius 3 is 2.00 bits per heavy atom. The van der Waals surface area contributed by atoms with Crippen LogP contribution in [0, 0.1) is 17.8 Å². The topological polar surface area (TPSA) is 57.6 Å². The lowest BCUT2D eigenvalue weighted by Gasteiger charge is -2.34. The maximum Gasteiger partial charge on any atom is 0.391 e. The number of likely N-dealkylation sites (tertiary alicyclic amines) is 1. The lowest BCUT2D eigenvalue weighted by molar-refractivity contribution is -0.187. The summed E-state index contributed by atoms with van der Waals surface area (Å²) in [6.07, 6.45) is -2.97. The number of nitrogens with zero attached hydrogens (tertiary/aromatic N) is 1. The smallest absolute Gasteiger partial charge is 0.391 e. The molecule has 1 aliphatic carbocycles. The molecule has 2 atom stereocenters. The van der Waals surface area contributed by atoms with Gasteiger partial charge in [0.05, 0.1) is 11.8 Å². The Balaban J connectivity index is 1.85. The Hall–Kier alpha value is -1.27. The fourth-order valence-corrected chi connectivity index (χ4v) is 3.12. The molecule has 1 amide bonds. The molecule has 0 bridgehead atoms. The van der Waals surface area contributed by atoms with E-state index in [-0.39, 0.29) is 37.8 Å². The zero-order valence-electron chi connectivity index (χ0n) is 11.0. The molecule has 2 aliphatic rings. The van der Waals surface area contributed by atoms with Gasteiger partial charge < -0.3 is 10.0 Å². The van der Waals surface area contributed by atoms with E-state index in [0.717, 1.165) is 0 Å². The number of carbonyl (C=O) groups excluding carboxylic acids is 1. The molecule has 4 nitrogen and oxygen atoms in total. The van der Waals surface area contributed by atoms with E-state index < -0.39 is 24.0 Å².